The van der Waals surface area contributed by atoms with Crippen LogP contribution in [-0.4, -0.2) is 47.6 Å². The minimum Gasteiger partial charge on any atom is -0.347 e. The minimum absolute atomic E-state index is 0.0855. The summed E-state index contributed by atoms with van der Waals surface area (Å²) >= 11 is 0. The first kappa shape index (κ1) is 17.0. The summed E-state index contributed by atoms with van der Waals surface area (Å²) in [5.41, 5.74) is 1.88. The van der Waals surface area contributed by atoms with E-state index in [1.54, 1.807) is 21.6 Å². The van der Waals surface area contributed by atoms with E-state index in [0.29, 0.717) is 37.4 Å². The van der Waals surface area contributed by atoms with Crippen LogP contribution in [0.5, 0.6) is 0 Å². The molecular weight excluding hydrogens is 346 g/mol. The van der Waals surface area contributed by atoms with Crippen LogP contribution >= 0.6 is 0 Å². The molecule has 0 saturated carbocycles. The van der Waals surface area contributed by atoms with Gasteiger partial charge in [-0.3, -0.25) is 9.59 Å². The van der Waals surface area contributed by atoms with Crippen molar-refractivity contribution in [2.24, 2.45) is 7.05 Å². The summed E-state index contributed by atoms with van der Waals surface area (Å²) in [6.07, 6.45) is 6.73. The first-order valence-corrected chi connectivity index (χ1v) is 8.62. The summed E-state index contributed by atoms with van der Waals surface area (Å²) in [5, 5.41) is 10.3. The van der Waals surface area contributed by atoms with E-state index in [4.69, 9.17) is 0 Å². The fourth-order valence-corrected chi connectivity index (χ4v) is 3.13. The molecule has 2 amide bonds. The summed E-state index contributed by atoms with van der Waals surface area (Å²) in [6, 6.07) is 5.25. The largest absolute Gasteiger partial charge is 0.347 e. The number of imidazole rings is 1. The van der Waals surface area contributed by atoms with E-state index >= 15 is 0 Å². The Morgan fingerprint density at radius 2 is 2.11 bits per heavy atom. The SMILES string of the molecule is Cn1cccc1C(=O)NCc1cn2c(n1)CN(C(=O)c1ccnnc1)CC2. The van der Waals surface area contributed by atoms with Gasteiger partial charge < -0.3 is 19.4 Å². The van der Waals surface area contributed by atoms with E-state index in [9.17, 15) is 9.59 Å². The second-order valence-electron chi connectivity index (χ2n) is 6.39. The van der Waals surface area contributed by atoms with E-state index in [1.165, 1.54) is 12.4 Å². The first-order chi connectivity index (χ1) is 13.1. The Balaban J connectivity index is 1.41. The highest BCUT2D eigenvalue weighted by Crippen LogP contribution is 2.15. The summed E-state index contributed by atoms with van der Waals surface area (Å²) in [6.45, 7) is 2.02. The standard InChI is InChI=1S/C18H19N7O2/c1-23-6-2-3-15(23)17(26)19-10-14-11-24-7-8-25(12-16(24)22-14)18(27)13-4-5-20-21-9-13/h2-6,9,11H,7-8,10,12H2,1H3,(H,19,26). The van der Waals surface area contributed by atoms with Crippen molar-refractivity contribution in [2.75, 3.05) is 6.54 Å². The topological polar surface area (TPSA) is 97.9 Å². The van der Waals surface area contributed by atoms with Crippen molar-refractivity contribution in [1.82, 2.24) is 34.5 Å². The molecule has 4 rings (SSSR count). The third-order valence-electron chi connectivity index (χ3n) is 4.58. The number of hydrogen-bond acceptors (Lipinski definition) is 5. The lowest BCUT2D eigenvalue weighted by Gasteiger charge is -2.27. The number of fused-ring (bicyclic) bond motifs is 1. The number of amides is 2. The van der Waals surface area contributed by atoms with Gasteiger partial charge in [-0.1, -0.05) is 0 Å². The van der Waals surface area contributed by atoms with Crippen molar-refractivity contribution >= 4 is 11.8 Å². The van der Waals surface area contributed by atoms with Crippen LogP contribution in [0.2, 0.25) is 0 Å². The molecule has 0 saturated heterocycles. The maximum Gasteiger partial charge on any atom is 0.268 e. The maximum absolute atomic E-state index is 12.6. The minimum atomic E-state index is -0.143. The molecule has 0 unspecified atom stereocenters. The zero-order chi connectivity index (χ0) is 18.8. The second kappa shape index (κ2) is 7.02. The number of aromatic nitrogens is 5. The van der Waals surface area contributed by atoms with E-state index in [0.717, 1.165) is 11.5 Å². The van der Waals surface area contributed by atoms with Crippen LogP contribution in [0.25, 0.3) is 0 Å². The molecule has 0 fully saturated rings. The summed E-state index contributed by atoms with van der Waals surface area (Å²) in [7, 11) is 1.83. The average Bonchev–Trinajstić information content (AvgIpc) is 3.31. The third kappa shape index (κ3) is 3.43. The fraction of sp³-hybridized carbons (Fsp3) is 0.278. The highest BCUT2D eigenvalue weighted by molar-refractivity contribution is 5.94. The van der Waals surface area contributed by atoms with Gasteiger partial charge in [0.2, 0.25) is 0 Å². The Morgan fingerprint density at radius 1 is 1.22 bits per heavy atom. The lowest BCUT2D eigenvalue weighted by molar-refractivity contribution is 0.0706. The number of hydrogen-bond donors (Lipinski definition) is 1. The van der Waals surface area contributed by atoms with E-state index in [2.05, 4.69) is 20.5 Å². The molecule has 0 bridgehead atoms. The highest BCUT2D eigenvalue weighted by Gasteiger charge is 2.23. The molecule has 0 aromatic carbocycles. The Bertz CT molecular complexity index is 977. The molecule has 27 heavy (non-hydrogen) atoms. The van der Waals surface area contributed by atoms with Crippen molar-refractivity contribution in [3.05, 3.63) is 65.8 Å². The zero-order valence-corrected chi connectivity index (χ0v) is 14.9. The first-order valence-electron chi connectivity index (χ1n) is 8.62. The van der Waals surface area contributed by atoms with Crippen LogP contribution in [0, 0.1) is 0 Å². The Morgan fingerprint density at radius 3 is 2.85 bits per heavy atom. The van der Waals surface area contributed by atoms with Gasteiger partial charge >= 0.3 is 0 Å². The molecule has 1 N–H and O–H groups in total. The normalized spacial score (nSPS) is 13.3. The lowest BCUT2D eigenvalue weighted by Crippen LogP contribution is -2.38. The van der Waals surface area contributed by atoms with Crippen molar-refractivity contribution in [3.63, 3.8) is 0 Å². The molecule has 3 aromatic heterocycles. The van der Waals surface area contributed by atoms with Gasteiger partial charge in [-0.05, 0) is 18.2 Å². The summed E-state index contributed by atoms with van der Waals surface area (Å²) < 4.78 is 3.80. The molecule has 0 aliphatic carbocycles. The number of nitrogens with zero attached hydrogens (tertiary/aromatic N) is 6. The Hall–Kier alpha value is -3.49. The molecule has 1 aliphatic heterocycles. The van der Waals surface area contributed by atoms with Gasteiger partial charge in [0.15, 0.2) is 0 Å². The number of nitrogens with one attached hydrogen (secondary N) is 1. The van der Waals surface area contributed by atoms with Gasteiger partial charge in [-0.25, -0.2) is 4.98 Å². The number of rotatable bonds is 4. The second-order valence-corrected chi connectivity index (χ2v) is 6.39. The van der Waals surface area contributed by atoms with Gasteiger partial charge in [0.25, 0.3) is 11.8 Å². The van der Waals surface area contributed by atoms with Crippen LogP contribution in [0.3, 0.4) is 0 Å². The predicted molar refractivity (Wildman–Crippen MR) is 95.6 cm³/mol. The maximum atomic E-state index is 12.6. The van der Waals surface area contributed by atoms with Crippen molar-refractivity contribution < 1.29 is 9.59 Å². The summed E-state index contributed by atoms with van der Waals surface area (Å²) in [4.78, 5) is 31.1. The van der Waals surface area contributed by atoms with Gasteiger partial charge in [0.1, 0.15) is 11.5 Å². The smallest absolute Gasteiger partial charge is 0.268 e. The van der Waals surface area contributed by atoms with Crippen LogP contribution in [0.1, 0.15) is 32.4 Å². The van der Waals surface area contributed by atoms with Crippen molar-refractivity contribution in [3.8, 4) is 0 Å². The molecule has 0 spiro atoms. The molecule has 9 nitrogen and oxygen atoms in total. The van der Waals surface area contributed by atoms with Gasteiger partial charge in [0.05, 0.1) is 36.7 Å². The van der Waals surface area contributed by atoms with Crippen LogP contribution in [0.15, 0.2) is 43.0 Å². The quantitative estimate of drug-likeness (QED) is 0.730. The molecule has 4 heterocycles. The number of aryl methyl sites for hydroxylation is 1. The van der Waals surface area contributed by atoms with Gasteiger partial charge in [-0.15, -0.1) is 0 Å². The van der Waals surface area contributed by atoms with E-state index < -0.39 is 0 Å². The number of carbonyl (C=O) groups is 2. The van der Waals surface area contributed by atoms with Crippen LogP contribution in [-0.2, 0) is 26.7 Å². The van der Waals surface area contributed by atoms with E-state index in [-0.39, 0.29) is 11.8 Å². The van der Waals surface area contributed by atoms with Gasteiger partial charge in [0, 0.05) is 32.5 Å². The average molecular weight is 365 g/mol. The predicted octanol–water partition coefficient (Wildman–Crippen LogP) is 0.598. The molecule has 0 radical (unpaired) electrons. The van der Waals surface area contributed by atoms with Crippen molar-refractivity contribution in [1.29, 1.82) is 0 Å². The molecule has 138 valence electrons. The van der Waals surface area contributed by atoms with Crippen LogP contribution in [0.4, 0.5) is 0 Å². The molecule has 1 aliphatic rings. The number of carbonyl (C=O) groups excluding carboxylic acids is 2. The highest BCUT2D eigenvalue weighted by atomic mass is 16.2. The molecule has 0 atom stereocenters. The lowest BCUT2D eigenvalue weighted by atomic mass is 10.2. The Kier molecular flexibility index (Phi) is 4.41. The van der Waals surface area contributed by atoms with Crippen molar-refractivity contribution in [2.45, 2.75) is 19.6 Å². The Labute approximate surface area is 155 Å². The van der Waals surface area contributed by atoms with E-state index in [1.807, 2.05) is 30.1 Å². The third-order valence-corrected chi connectivity index (χ3v) is 4.58. The van der Waals surface area contributed by atoms with Crippen LogP contribution < -0.4 is 5.32 Å². The zero-order valence-electron chi connectivity index (χ0n) is 14.9. The molecule has 9 heteroatoms. The summed E-state index contributed by atoms with van der Waals surface area (Å²) in [5.74, 6) is 0.577. The molecular formula is C18H19N7O2. The fourth-order valence-electron chi connectivity index (χ4n) is 3.13. The van der Waals surface area contributed by atoms with Gasteiger partial charge in [-0.2, -0.15) is 10.2 Å². The molecule has 3 aromatic rings. The monoisotopic (exact) mass is 365 g/mol.